The molecule has 0 spiro atoms. The first kappa shape index (κ1) is 18.1. The van der Waals surface area contributed by atoms with Crippen molar-refractivity contribution in [2.45, 2.75) is 25.3 Å². The van der Waals surface area contributed by atoms with E-state index in [1.54, 1.807) is 0 Å². The molecule has 0 saturated carbocycles. The molecule has 1 atom stereocenters. The molecule has 0 aromatic heterocycles. The molecule has 2 nitrogen and oxygen atoms in total. The van der Waals surface area contributed by atoms with Gasteiger partial charge in [-0.1, -0.05) is 6.42 Å². The maximum absolute atomic E-state index is 13.3. The molecule has 1 aromatic rings. The third-order valence-corrected chi connectivity index (χ3v) is 2.58. The summed E-state index contributed by atoms with van der Waals surface area (Å²) in [5.41, 5.74) is 9.70. The molecule has 0 radical (unpaired) electrons. The van der Waals surface area contributed by atoms with Gasteiger partial charge in [-0.15, -0.1) is 12.4 Å². The van der Waals surface area contributed by atoms with Crippen LogP contribution in [-0.4, -0.2) is 6.54 Å². The molecular weight excluding hydrogens is 291 g/mol. The van der Waals surface area contributed by atoms with Gasteiger partial charge < -0.3 is 11.5 Å². The van der Waals surface area contributed by atoms with Gasteiger partial charge in [0.25, 0.3) is 0 Å². The predicted molar refractivity (Wildman–Crippen MR) is 63.3 cm³/mol. The largest absolute Gasteiger partial charge is 0.330 e. The van der Waals surface area contributed by atoms with Crippen molar-refractivity contribution in [1.82, 2.24) is 0 Å². The molecule has 4 N–H and O–H groups in total. The molecule has 8 heteroatoms. The van der Waals surface area contributed by atoms with E-state index in [0.29, 0.717) is 19.4 Å². The lowest BCUT2D eigenvalue weighted by atomic mass is 10.00. The molecule has 0 fully saturated rings. The normalized spacial score (nSPS) is 12.2. The second-order valence-electron chi connectivity index (χ2n) is 3.87. The molecule has 19 heavy (non-hydrogen) atoms. The topological polar surface area (TPSA) is 52.0 Å². The Kier molecular flexibility index (Phi) is 7.25. The highest BCUT2D eigenvalue weighted by Gasteiger charge is 2.28. The van der Waals surface area contributed by atoms with Crippen LogP contribution in [0.3, 0.4) is 0 Å². The fourth-order valence-electron chi connectivity index (χ4n) is 1.60. The standard InChI is InChI=1S/C11H13F5N2.ClH/c12-7-6(5(18)3-1-2-4-17)8(13)10(15)11(16)9(7)14;/h5H,1-4,17-18H2;1H/t5-;/m0./s1. The molecule has 110 valence electrons. The van der Waals surface area contributed by atoms with Gasteiger partial charge in [0, 0.05) is 11.6 Å². The van der Waals surface area contributed by atoms with Crippen LogP contribution in [0, 0.1) is 29.1 Å². The Labute approximate surface area is 113 Å². The quantitative estimate of drug-likeness (QED) is 0.380. The second-order valence-corrected chi connectivity index (χ2v) is 3.87. The van der Waals surface area contributed by atoms with Gasteiger partial charge in [-0.3, -0.25) is 0 Å². The van der Waals surface area contributed by atoms with Crippen molar-refractivity contribution in [3.8, 4) is 0 Å². The van der Waals surface area contributed by atoms with Crippen molar-refractivity contribution in [2.24, 2.45) is 11.5 Å². The van der Waals surface area contributed by atoms with Crippen LogP contribution in [0.25, 0.3) is 0 Å². The smallest absolute Gasteiger partial charge is 0.200 e. The number of halogens is 6. The maximum Gasteiger partial charge on any atom is 0.200 e. The van der Waals surface area contributed by atoms with E-state index < -0.39 is 40.7 Å². The van der Waals surface area contributed by atoms with Gasteiger partial charge in [-0.05, 0) is 19.4 Å². The molecule has 1 aromatic carbocycles. The summed E-state index contributed by atoms with van der Waals surface area (Å²) in [6.07, 6.45) is 1.09. The lowest BCUT2D eigenvalue weighted by Crippen LogP contribution is -2.18. The monoisotopic (exact) mass is 304 g/mol. The summed E-state index contributed by atoms with van der Waals surface area (Å²) >= 11 is 0. The molecule has 0 amide bonds. The van der Waals surface area contributed by atoms with E-state index in [1.165, 1.54) is 0 Å². The van der Waals surface area contributed by atoms with Crippen LogP contribution in [0.15, 0.2) is 0 Å². The van der Waals surface area contributed by atoms with Gasteiger partial charge in [0.1, 0.15) is 0 Å². The Bertz CT molecular complexity index is 413. The lowest BCUT2D eigenvalue weighted by molar-refractivity contribution is 0.361. The minimum absolute atomic E-state index is 0. The minimum atomic E-state index is -2.18. The Morgan fingerprint density at radius 2 is 1.21 bits per heavy atom. The van der Waals surface area contributed by atoms with Crippen LogP contribution < -0.4 is 11.5 Å². The van der Waals surface area contributed by atoms with Crippen LogP contribution in [0.1, 0.15) is 30.9 Å². The summed E-state index contributed by atoms with van der Waals surface area (Å²) in [5, 5.41) is 0. The fourth-order valence-corrected chi connectivity index (χ4v) is 1.60. The summed E-state index contributed by atoms with van der Waals surface area (Å²) in [5.74, 6) is -9.86. The number of hydrogen-bond donors (Lipinski definition) is 2. The van der Waals surface area contributed by atoms with Crippen LogP contribution in [0.4, 0.5) is 22.0 Å². The van der Waals surface area contributed by atoms with Gasteiger partial charge in [-0.2, -0.15) is 0 Å². The first-order valence-electron chi connectivity index (χ1n) is 5.38. The summed E-state index contributed by atoms with van der Waals surface area (Å²) in [4.78, 5) is 0. The third kappa shape index (κ3) is 3.77. The summed E-state index contributed by atoms with van der Waals surface area (Å²) in [6, 6.07) is -1.25. The average Bonchev–Trinajstić information content (AvgIpc) is 2.34. The highest BCUT2D eigenvalue weighted by molar-refractivity contribution is 5.85. The first-order valence-corrected chi connectivity index (χ1v) is 5.38. The summed E-state index contributed by atoms with van der Waals surface area (Å²) in [6.45, 7) is 0.365. The van der Waals surface area contributed by atoms with Crippen molar-refractivity contribution < 1.29 is 22.0 Å². The third-order valence-electron chi connectivity index (χ3n) is 2.58. The van der Waals surface area contributed by atoms with E-state index in [2.05, 4.69) is 0 Å². The van der Waals surface area contributed by atoms with Crippen molar-refractivity contribution in [2.75, 3.05) is 6.54 Å². The highest BCUT2D eigenvalue weighted by Crippen LogP contribution is 2.28. The Balaban J connectivity index is 0.00000324. The molecule has 0 bridgehead atoms. The van der Waals surface area contributed by atoms with Gasteiger partial charge in [0.15, 0.2) is 23.3 Å². The van der Waals surface area contributed by atoms with Crippen LogP contribution in [0.2, 0.25) is 0 Å². The number of rotatable bonds is 5. The molecule has 0 unspecified atom stereocenters. The lowest BCUT2D eigenvalue weighted by Gasteiger charge is -2.15. The van der Waals surface area contributed by atoms with E-state index >= 15 is 0 Å². The van der Waals surface area contributed by atoms with Gasteiger partial charge in [-0.25, -0.2) is 22.0 Å². The zero-order valence-electron chi connectivity index (χ0n) is 9.86. The number of unbranched alkanes of at least 4 members (excludes halogenated alkanes) is 1. The fraction of sp³-hybridized carbons (Fsp3) is 0.455. The minimum Gasteiger partial charge on any atom is -0.330 e. The van der Waals surface area contributed by atoms with E-state index in [0.717, 1.165) is 0 Å². The van der Waals surface area contributed by atoms with Crippen molar-refractivity contribution in [3.63, 3.8) is 0 Å². The van der Waals surface area contributed by atoms with Crippen molar-refractivity contribution >= 4 is 12.4 Å². The maximum atomic E-state index is 13.3. The molecule has 0 heterocycles. The Morgan fingerprint density at radius 3 is 1.63 bits per heavy atom. The molecule has 0 aliphatic carbocycles. The summed E-state index contributed by atoms with van der Waals surface area (Å²) in [7, 11) is 0. The van der Waals surface area contributed by atoms with Crippen LogP contribution in [0.5, 0.6) is 0 Å². The van der Waals surface area contributed by atoms with Crippen molar-refractivity contribution in [3.05, 3.63) is 34.6 Å². The van der Waals surface area contributed by atoms with E-state index in [4.69, 9.17) is 11.5 Å². The molecular formula is C11H14ClF5N2. The molecule has 0 aliphatic rings. The summed E-state index contributed by atoms with van der Waals surface area (Å²) < 4.78 is 65.3. The van der Waals surface area contributed by atoms with Gasteiger partial charge in [0.2, 0.25) is 5.82 Å². The zero-order valence-corrected chi connectivity index (χ0v) is 10.7. The average molecular weight is 305 g/mol. The first-order chi connectivity index (χ1) is 8.41. The van der Waals surface area contributed by atoms with Gasteiger partial charge in [0.05, 0.1) is 0 Å². The SMILES string of the molecule is Cl.NCCCC[C@H](N)c1c(F)c(F)c(F)c(F)c1F. The predicted octanol–water partition coefficient (Wildman–Crippen LogP) is 2.93. The number of hydrogen-bond acceptors (Lipinski definition) is 2. The second kappa shape index (κ2) is 7.62. The highest BCUT2D eigenvalue weighted by atomic mass is 35.5. The van der Waals surface area contributed by atoms with E-state index in [1.807, 2.05) is 0 Å². The molecule has 1 rings (SSSR count). The van der Waals surface area contributed by atoms with Crippen molar-refractivity contribution in [1.29, 1.82) is 0 Å². The Morgan fingerprint density at radius 1 is 0.789 bits per heavy atom. The zero-order chi connectivity index (χ0) is 13.9. The molecule has 0 saturated heterocycles. The van der Waals surface area contributed by atoms with E-state index in [-0.39, 0.29) is 18.8 Å². The van der Waals surface area contributed by atoms with Gasteiger partial charge >= 0.3 is 0 Å². The number of nitrogens with two attached hydrogens (primary N) is 2. The van der Waals surface area contributed by atoms with E-state index in [9.17, 15) is 22.0 Å². The van der Waals surface area contributed by atoms with Crippen LogP contribution >= 0.6 is 12.4 Å². The number of benzene rings is 1. The van der Waals surface area contributed by atoms with Crippen LogP contribution in [-0.2, 0) is 0 Å². The molecule has 0 aliphatic heterocycles. The Hall–Kier alpha value is -0.920.